The van der Waals surface area contributed by atoms with Gasteiger partial charge in [-0.05, 0) is 62.8 Å². The van der Waals surface area contributed by atoms with Gasteiger partial charge in [0.15, 0.2) is 0 Å². The molecular weight excluding hydrogens is 272 g/mol. The molecular formula is C20H28O2. The van der Waals surface area contributed by atoms with E-state index in [1.54, 1.807) is 0 Å². The number of ether oxygens (including phenoxy) is 1. The van der Waals surface area contributed by atoms with Gasteiger partial charge in [0.05, 0.1) is 6.42 Å². The van der Waals surface area contributed by atoms with E-state index >= 15 is 0 Å². The number of rotatable bonds is 4. The molecule has 0 unspecified atom stereocenters. The minimum Gasteiger partial charge on any atom is -0.460 e. The van der Waals surface area contributed by atoms with E-state index in [4.69, 9.17) is 4.74 Å². The van der Waals surface area contributed by atoms with Gasteiger partial charge in [0.2, 0.25) is 0 Å². The first-order chi connectivity index (χ1) is 10.4. The van der Waals surface area contributed by atoms with Gasteiger partial charge in [0.25, 0.3) is 0 Å². The van der Waals surface area contributed by atoms with Crippen LogP contribution in [0.15, 0.2) is 30.3 Å². The summed E-state index contributed by atoms with van der Waals surface area (Å²) in [5, 5.41) is 0. The Kier molecular flexibility index (Phi) is 4.05. The van der Waals surface area contributed by atoms with E-state index in [2.05, 4.69) is 30.3 Å². The van der Waals surface area contributed by atoms with E-state index in [9.17, 15) is 4.79 Å². The van der Waals surface area contributed by atoms with Crippen LogP contribution < -0.4 is 0 Å². The molecule has 0 saturated heterocycles. The summed E-state index contributed by atoms with van der Waals surface area (Å²) < 4.78 is 5.62. The van der Waals surface area contributed by atoms with Crippen molar-refractivity contribution in [3.05, 3.63) is 35.9 Å². The lowest BCUT2D eigenvalue weighted by molar-refractivity contribution is -0.163. The quantitative estimate of drug-likeness (QED) is 0.749. The molecule has 0 bridgehead atoms. The highest BCUT2D eigenvalue weighted by Gasteiger charge is 2.56. The van der Waals surface area contributed by atoms with E-state index in [-0.39, 0.29) is 17.0 Å². The number of fused-ring (bicyclic) bond motifs is 1. The van der Waals surface area contributed by atoms with Gasteiger partial charge in [-0.3, -0.25) is 4.79 Å². The van der Waals surface area contributed by atoms with Crippen molar-refractivity contribution in [3.63, 3.8) is 0 Å². The zero-order valence-electron chi connectivity index (χ0n) is 14.1. The third kappa shape index (κ3) is 3.21. The summed E-state index contributed by atoms with van der Waals surface area (Å²) in [5.74, 6) is 1.56. The fourth-order valence-corrected chi connectivity index (χ4v) is 4.74. The van der Waals surface area contributed by atoms with Crippen molar-refractivity contribution in [1.29, 1.82) is 0 Å². The Labute approximate surface area is 134 Å². The standard InChI is InChI=1S/C20H28O2/c1-19(2,3)22-18(21)14-20(12-15-8-5-4-6-9-15)13-16-10-7-11-17(16)20/h4-6,8-9,16-17H,7,10-14H2,1-3H3/t16-,17-,20-/m1/s1. The van der Waals surface area contributed by atoms with Crippen molar-refractivity contribution in [2.24, 2.45) is 17.3 Å². The van der Waals surface area contributed by atoms with E-state index in [0.29, 0.717) is 6.42 Å². The van der Waals surface area contributed by atoms with Crippen molar-refractivity contribution < 1.29 is 9.53 Å². The Morgan fingerprint density at radius 3 is 2.59 bits per heavy atom. The number of benzene rings is 1. The van der Waals surface area contributed by atoms with Gasteiger partial charge in [-0.1, -0.05) is 43.2 Å². The van der Waals surface area contributed by atoms with Crippen LogP contribution in [0.5, 0.6) is 0 Å². The van der Waals surface area contributed by atoms with Crippen molar-refractivity contribution in [1.82, 2.24) is 0 Å². The second-order valence-corrected chi connectivity index (χ2v) is 8.29. The minimum absolute atomic E-state index is 0.0196. The number of carbonyl (C=O) groups is 1. The van der Waals surface area contributed by atoms with Gasteiger partial charge in [-0.15, -0.1) is 0 Å². The predicted octanol–water partition coefficient (Wildman–Crippen LogP) is 4.77. The Bertz CT molecular complexity index is 528. The van der Waals surface area contributed by atoms with Gasteiger partial charge < -0.3 is 4.74 Å². The van der Waals surface area contributed by atoms with Gasteiger partial charge >= 0.3 is 5.97 Å². The van der Waals surface area contributed by atoms with Crippen LogP contribution in [-0.2, 0) is 16.0 Å². The SMILES string of the molecule is CC(C)(C)OC(=O)C[C@@]1(Cc2ccccc2)C[C@H]2CCC[C@H]21. The van der Waals surface area contributed by atoms with Gasteiger partial charge in [-0.25, -0.2) is 0 Å². The highest BCUT2D eigenvalue weighted by Crippen LogP contribution is 2.62. The van der Waals surface area contributed by atoms with Crippen LogP contribution in [0, 0.1) is 17.3 Å². The van der Waals surface area contributed by atoms with Crippen molar-refractivity contribution >= 4 is 5.97 Å². The minimum atomic E-state index is -0.385. The molecule has 0 radical (unpaired) electrons. The maximum atomic E-state index is 12.4. The Morgan fingerprint density at radius 2 is 1.95 bits per heavy atom. The van der Waals surface area contributed by atoms with E-state index in [1.807, 2.05) is 20.8 Å². The molecule has 22 heavy (non-hydrogen) atoms. The maximum absolute atomic E-state index is 12.4. The van der Waals surface area contributed by atoms with Crippen LogP contribution in [0.3, 0.4) is 0 Å². The van der Waals surface area contributed by atoms with Crippen LogP contribution in [-0.4, -0.2) is 11.6 Å². The molecule has 2 aliphatic rings. The fraction of sp³-hybridized carbons (Fsp3) is 0.650. The molecule has 3 rings (SSSR count). The first kappa shape index (κ1) is 15.6. The monoisotopic (exact) mass is 300 g/mol. The summed E-state index contributed by atoms with van der Waals surface area (Å²) in [6, 6.07) is 10.6. The molecule has 120 valence electrons. The van der Waals surface area contributed by atoms with Crippen molar-refractivity contribution in [3.8, 4) is 0 Å². The summed E-state index contributed by atoms with van der Waals surface area (Å²) in [5.41, 5.74) is 1.12. The third-order valence-corrected chi connectivity index (χ3v) is 5.43. The lowest BCUT2D eigenvalue weighted by atomic mass is 9.51. The Hall–Kier alpha value is -1.31. The lowest BCUT2D eigenvalue weighted by Gasteiger charge is -2.53. The predicted molar refractivity (Wildman–Crippen MR) is 88.5 cm³/mol. The van der Waals surface area contributed by atoms with Crippen LogP contribution in [0.4, 0.5) is 0 Å². The number of hydrogen-bond acceptors (Lipinski definition) is 2. The van der Waals surface area contributed by atoms with E-state index < -0.39 is 0 Å². The second kappa shape index (κ2) is 5.72. The number of hydrogen-bond donors (Lipinski definition) is 0. The van der Waals surface area contributed by atoms with E-state index in [0.717, 1.165) is 18.3 Å². The Balaban J connectivity index is 1.75. The third-order valence-electron chi connectivity index (χ3n) is 5.43. The number of esters is 1. The molecule has 2 saturated carbocycles. The highest BCUT2D eigenvalue weighted by atomic mass is 16.6. The zero-order chi connectivity index (χ0) is 15.8. The summed E-state index contributed by atoms with van der Waals surface area (Å²) in [6.07, 6.45) is 6.79. The summed E-state index contributed by atoms with van der Waals surface area (Å²) in [6.45, 7) is 5.86. The fourth-order valence-electron chi connectivity index (χ4n) is 4.74. The molecule has 0 N–H and O–H groups in total. The molecule has 0 aliphatic heterocycles. The molecule has 3 atom stereocenters. The second-order valence-electron chi connectivity index (χ2n) is 8.29. The molecule has 1 aromatic carbocycles. The van der Waals surface area contributed by atoms with Crippen LogP contribution >= 0.6 is 0 Å². The molecule has 0 heterocycles. The molecule has 0 aromatic heterocycles. The zero-order valence-corrected chi connectivity index (χ0v) is 14.1. The van der Waals surface area contributed by atoms with Crippen LogP contribution in [0.1, 0.15) is 58.4 Å². The average Bonchev–Trinajstić information content (AvgIpc) is 2.80. The summed E-state index contributed by atoms with van der Waals surface area (Å²) in [4.78, 5) is 12.4. The topological polar surface area (TPSA) is 26.3 Å². The van der Waals surface area contributed by atoms with Crippen LogP contribution in [0.25, 0.3) is 0 Å². The maximum Gasteiger partial charge on any atom is 0.306 e. The van der Waals surface area contributed by atoms with Crippen LogP contribution in [0.2, 0.25) is 0 Å². The molecule has 1 aromatic rings. The molecule has 2 nitrogen and oxygen atoms in total. The largest absolute Gasteiger partial charge is 0.460 e. The van der Waals surface area contributed by atoms with Crippen molar-refractivity contribution in [2.75, 3.05) is 0 Å². The molecule has 0 spiro atoms. The molecule has 2 fully saturated rings. The highest BCUT2D eigenvalue weighted by molar-refractivity contribution is 5.71. The van der Waals surface area contributed by atoms with Crippen molar-refractivity contribution in [2.45, 2.75) is 64.9 Å². The van der Waals surface area contributed by atoms with Gasteiger partial charge in [-0.2, -0.15) is 0 Å². The van der Waals surface area contributed by atoms with E-state index in [1.165, 1.54) is 31.2 Å². The first-order valence-corrected chi connectivity index (χ1v) is 8.64. The summed E-state index contributed by atoms with van der Waals surface area (Å²) in [7, 11) is 0. The number of carbonyl (C=O) groups excluding carboxylic acids is 1. The summed E-state index contributed by atoms with van der Waals surface area (Å²) >= 11 is 0. The molecule has 2 aliphatic carbocycles. The van der Waals surface area contributed by atoms with Gasteiger partial charge in [0, 0.05) is 0 Å². The average molecular weight is 300 g/mol. The van der Waals surface area contributed by atoms with Gasteiger partial charge in [0.1, 0.15) is 5.60 Å². The normalized spacial score (nSPS) is 30.5. The lowest BCUT2D eigenvalue weighted by Crippen LogP contribution is -2.48. The Morgan fingerprint density at radius 1 is 1.23 bits per heavy atom. The smallest absolute Gasteiger partial charge is 0.306 e. The first-order valence-electron chi connectivity index (χ1n) is 8.64. The molecule has 2 heteroatoms. The molecule has 0 amide bonds.